The Kier molecular flexibility index (Phi) is 3.62. The van der Waals surface area contributed by atoms with E-state index in [-0.39, 0.29) is 6.04 Å². The number of hydrogen-bond acceptors (Lipinski definition) is 4. The molecule has 3 nitrogen and oxygen atoms in total. The van der Waals surface area contributed by atoms with E-state index in [9.17, 15) is 0 Å². The quantitative estimate of drug-likeness (QED) is 0.879. The highest BCUT2D eigenvalue weighted by Gasteiger charge is 2.21. The summed E-state index contributed by atoms with van der Waals surface area (Å²) in [7, 11) is 0. The molecule has 0 aromatic carbocycles. The monoisotopic (exact) mass is 239 g/mol. The third kappa shape index (κ3) is 2.62. The van der Waals surface area contributed by atoms with Crippen molar-refractivity contribution >= 4 is 11.3 Å². The van der Waals surface area contributed by atoms with Gasteiger partial charge in [-0.15, -0.1) is 11.3 Å². The zero-order valence-electron chi connectivity index (χ0n) is 10.4. The van der Waals surface area contributed by atoms with Crippen LogP contribution in [0, 0.1) is 5.92 Å². The Morgan fingerprint density at radius 2 is 2.19 bits per heavy atom. The molecule has 2 heterocycles. The summed E-state index contributed by atoms with van der Waals surface area (Å²) in [5, 5.41) is 1.09. The predicted octanol–water partition coefficient (Wildman–Crippen LogP) is 2.18. The van der Waals surface area contributed by atoms with Crippen molar-refractivity contribution in [2.75, 3.05) is 13.1 Å². The van der Waals surface area contributed by atoms with Crippen LogP contribution in [0.3, 0.4) is 0 Å². The lowest BCUT2D eigenvalue weighted by atomic mass is 10.1. The zero-order chi connectivity index (χ0) is 11.7. The predicted molar refractivity (Wildman–Crippen MR) is 68.5 cm³/mol. The van der Waals surface area contributed by atoms with Gasteiger partial charge in [-0.3, -0.25) is 4.90 Å². The van der Waals surface area contributed by atoms with E-state index in [4.69, 9.17) is 5.73 Å². The molecule has 2 rings (SSSR count). The molecule has 0 bridgehead atoms. The molecular formula is C12H21N3S. The molecule has 2 N–H and O–H groups in total. The Labute approximate surface area is 102 Å². The van der Waals surface area contributed by atoms with Gasteiger partial charge in [0, 0.05) is 30.9 Å². The number of thiazole rings is 1. The highest BCUT2D eigenvalue weighted by atomic mass is 32.1. The summed E-state index contributed by atoms with van der Waals surface area (Å²) in [6, 6.07) is 0.0779. The van der Waals surface area contributed by atoms with E-state index in [0.29, 0.717) is 0 Å². The second kappa shape index (κ2) is 4.82. The summed E-state index contributed by atoms with van der Waals surface area (Å²) in [4.78, 5) is 8.58. The van der Waals surface area contributed by atoms with Gasteiger partial charge in [-0.1, -0.05) is 13.8 Å². The van der Waals surface area contributed by atoms with E-state index < -0.39 is 0 Å². The van der Waals surface area contributed by atoms with Gasteiger partial charge in [-0.25, -0.2) is 4.98 Å². The lowest BCUT2D eigenvalue weighted by Gasteiger charge is -2.27. The Balaban J connectivity index is 2.08. The van der Waals surface area contributed by atoms with Crippen LogP contribution in [0.25, 0.3) is 0 Å². The summed E-state index contributed by atoms with van der Waals surface area (Å²) in [5.41, 5.74) is 7.16. The molecule has 4 heteroatoms. The van der Waals surface area contributed by atoms with Crippen LogP contribution in [0.4, 0.5) is 0 Å². The number of fused-ring (bicyclic) bond motifs is 1. The summed E-state index contributed by atoms with van der Waals surface area (Å²) in [5.74, 6) is 0.738. The van der Waals surface area contributed by atoms with Crippen LogP contribution in [0.1, 0.15) is 42.4 Å². The fourth-order valence-corrected chi connectivity index (χ4v) is 3.24. The molecule has 1 aromatic heterocycles. The first-order chi connectivity index (χ1) is 7.56. The molecule has 1 aliphatic rings. The minimum Gasteiger partial charge on any atom is -0.322 e. The number of aromatic nitrogens is 1. The minimum atomic E-state index is 0.0779. The second-order valence-corrected chi connectivity index (χ2v) is 6.20. The number of hydrogen-bond donors (Lipinski definition) is 1. The van der Waals surface area contributed by atoms with Crippen LogP contribution in [-0.4, -0.2) is 23.0 Å². The first-order valence-electron chi connectivity index (χ1n) is 6.02. The molecule has 0 spiro atoms. The van der Waals surface area contributed by atoms with Crippen LogP contribution in [0.5, 0.6) is 0 Å². The SMILES string of the molecule is CC(C)CN1CCc2nc(C(C)N)sc2C1. The average Bonchev–Trinajstić information content (AvgIpc) is 2.59. The van der Waals surface area contributed by atoms with Gasteiger partial charge in [0.1, 0.15) is 5.01 Å². The summed E-state index contributed by atoms with van der Waals surface area (Å²) in [6.45, 7) is 9.96. The first kappa shape index (κ1) is 12.0. The minimum absolute atomic E-state index is 0.0779. The van der Waals surface area contributed by atoms with E-state index >= 15 is 0 Å². The first-order valence-corrected chi connectivity index (χ1v) is 6.84. The highest BCUT2D eigenvalue weighted by molar-refractivity contribution is 7.11. The summed E-state index contributed by atoms with van der Waals surface area (Å²) < 4.78 is 0. The average molecular weight is 239 g/mol. The van der Waals surface area contributed by atoms with Crippen molar-refractivity contribution in [3.63, 3.8) is 0 Å². The van der Waals surface area contributed by atoms with Crippen molar-refractivity contribution in [3.8, 4) is 0 Å². The van der Waals surface area contributed by atoms with Gasteiger partial charge < -0.3 is 5.73 Å². The topological polar surface area (TPSA) is 42.2 Å². The standard InChI is InChI=1S/C12H21N3S/c1-8(2)6-15-5-4-10-11(7-15)16-12(14-10)9(3)13/h8-9H,4-7,13H2,1-3H3. The lowest BCUT2D eigenvalue weighted by molar-refractivity contribution is 0.228. The molecule has 90 valence electrons. The maximum absolute atomic E-state index is 5.88. The Hall–Kier alpha value is -0.450. The van der Waals surface area contributed by atoms with Gasteiger partial charge in [0.05, 0.1) is 11.7 Å². The molecule has 0 amide bonds. The van der Waals surface area contributed by atoms with Crippen LogP contribution in [0.2, 0.25) is 0 Å². The maximum Gasteiger partial charge on any atom is 0.110 e. The van der Waals surface area contributed by atoms with Gasteiger partial charge in [-0.2, -0.15) is 0 Å². The lowest BCUT2D eigenvalue weighted by Crippen LogP contribution is -2.32. The molecule has 1 aliphatic heterocycles. The normalized spacial score (nSPS) is 18.8. The van der Waals surface area contributed by atoms with Gasteiger partial charge in [0.15, 0.2) is 0 Å². The molecule has 1 aromatic rings. The van der Waals surface area contributed by atoms with Gasteiger partial charge in [0.2, 0.25) is 0 Å². The van der Waals surface area contributed by atoms with E-state index in [2.05, 4.69) is 23.7 Å². The third-order valence-electron chi connectivity index (χ3n) is 2.84. The van der Waals surface area contributed by atoms with Crippen LogP contribution >= 0.6 is 11.3 Å². The van der Waals surface area contributed by atoms with Gasteiger partial charge in [-0.05, 0) is 12.8 Å². The molecule has 0 aliphatic carbocycles. The Bertz CT molecular complexity index is 357. The third-order valence-corrected chi connectivity index (χ3v) is 4.12. The second-order valence-electron chi connectivity index (χ2n) is 5.09. The van der Waals surface area contributed by atoms with E-state index in [1.807, 2.05) is 6.92 Å². The smallest absolute Gasteiger partial charge is 0.110 e. The molecule has 1 atom stereocenters. The molecule has 16 heavy (non-hydrogen) atoms. The fraction of sp³-hybridized carbons (Fsp3) is 0.750. The van der Waals surface area contributed by atoms with E-state index in [0.717, 1.165) is 30.4 Å². The highest BCUT2D eigenvalue weighted by Crippen LogP contribution is 2.27. The van der Waals surface area contributed by atoms with E-state index in [1.54, 1.807) is 11.3 Å². The number of nitrogens with two attached hydrogens (primary N) is 1. The molecule has 0 saturated carbocycles. The number of rotatable bonds is 3. The van der Waals surface area contributed by atoms with Crippen molar-refractivity contribution in [2.45, 2.75) is 39.8 Å². The molecule has 0 saturated heterocycles. The Morgan fingerprint density at radius 1 is 1.44 bits per heavy atom. The van der Waals surface area contributed by atoms with Crippen molar-refractivity contribution in [1.82, 2.24) is 9.88 Å². The van der Waals surface area contributed by atoms with Crippen molar-refractivity contribution < 1.29 is 0 Å². The maximum atomic E-state index is 5.88. The Morgan fingerprint density at radius 3 is 2.81 bits per heavy atom. The van der Waals surface area contributed by atoms with Crippen LogP contribution in [-0.2, 0) is 13.0 Å². The molecule has 0 radical (unpaired) electrons. The fourth-order valence-electron chi connectivity index (χ4n) is 2.14. The van der Waals surface area contributed by atoms with Crippen LogP contribution < -0.4 is 5.73 Å². The number of nitrogens with zero attached hydrogens (tertiary/aromatic N) is 2. The van der Waals surface area contributed by atoms with Crippen molar-refractivity contribution in [2.24, 2.45) is 11.7 Å². The largest absolute Gasteiger partial charge is 0.322 e. The molecule has 0 fully saturated rings. The van der Waals surface area contributed by atoms with Crippen molar-refractivity contribution in [1.29, 1.82) is 0 Å². The summed E-state index contributed by atoms with van der Waals surface area (Å²) in [6.07, 6.45) is 1.09. The molecule has 1 unspecified atom stereocenters. The van der Waals surface area contributed by atoms with Crippen molar-refractivity contribution in [3.05, 3.63) is 15.6 Å². The van der Waals surface area contributed by atoms with Gasteiger partial charge in [0.25, 0.3) is 0 Å². The van der Waals surface area contributed by atoms with Gasteiger partial charge >= 0.3 is 0 Å². The summed E-state index contributed by atoms with van der Waals surface area (Å²) >= 11 is 1.80. The molecular weight excluding hydrogens is 218 g/mol. The van der Waals surface area contributed by atoms with E-state index in [1.165, 1.54) is 17.1 Å². The zero-order valence-corrected chi connectivity index (χ0v) is 11.2. The van der Waals surface area contributed by atoms with Crippen LogP contribution in [0.15, 0.2) is 0 Å².